The minimum atomic E-state index is 0.0147. The number of hydrogen-bond acceptors (Lipinski definition) is 3. The second-order valence-electron chi connectivity index (χ2n) is 5.09. The normalized spacial score (nSPS) is 11.5. The molecule has 7 heteroatoms. The number of hydrogen-bond donors (Lipinski definition) is 2. The largest absolute Gasteiger partial charge is 0.493 e. The molecule has 0 unspecified atom stereocenters. The lowest BCUT2D eigenvalue weighted by Crippen LogP contribution is -2.39. The molecule has 2 aromatic carbocycles. The maximum Gasteiger partial charge on any atom is 0.171 e. The van der Waals surface area contributed by atoms with Crippen LogP contribution in [0.3, 0.4) is 0 Å². The molecule has 0 bridgehead atoms. The first kappa shape index (κ1) is 18.8. The van der Waals surface area contributed by atoms with Gasteiger partial charge in [0.05, 0.1) is 18.2 Å². The monoisotopic (exact) mass is 428 g/mol. The topological polar surface area (TPSA) is 42.5 Å². The molecule has 0 spiro atoms. The van der Waals surface area contributed by atoms with Gasteiger partial charge < -0.3 is 20.1 Å². The number of nitrogens with one attached hydrogen (secondary N) is 2. The maximum absolute atomic E-state index is 6.07. The number of benzene rings is 2. The Balaban J connectivity index is 1.84. The molecule has 24 heavy (non-hydrogen) atoms. The van der Waals surface area contributed by atoms with E-state index in [1.807, 2.05) is 43.3 Å². The zero-order valence-corrected chi connectivity index (χ0v) is 16.5. The summed E-state index contributed by atoms with van der Waals surface area (Å²) in [5, 5.41) is 7.39. The van der Waals surface area contributed by atoms with Crippen molar-refractivity contribution in [1.29, 1.82) is 0 Å². The Morgan fingerprint density at radius 3 is 2.62 bits per heavy atom. The fourth-order valence-corrected chi connectivity index (χ4v) is 2.71. The maximum atomic E-state index is 6.07. The van der Waals surface area contributed by atoms with Crippen LogP contribution in [0.15, 0.2) is 46.9 Å². The summed E-state index contributed by atoms with van der Waals surface area (Å²) < 4.78 is 11.9. The summed E-state index contributed by atoms with van der Waals surface area (Å²) >= 11 is 14.7. The van der Waals surface area contributed by atoms with E-state index in [2.05, 4.69) is 26.6 Å². The highest BCUT2D eigenvalue weighted by Gasteiger charge is 2.08. The van der Waals surface area contributed by atoms with Gasteiger partial charge in [-0.3, -0.25) is 0 Å². The molecule has 0 saturated heterocycles. The van der Waals surface area contributed by atoms with Gasteiger partial charge in [-0.05, 0) is 65.4 Å². The summed E-state index contributed by atoms with van der Waals surface area (Å²) in [5.74, 6) is 1.40. The van der Waals surface area contributed by atoms with E-state index in [4.69, 9.17) is 33.3 Å². The Bertz CT molecular complexity index is 715. The summed E-state index contributed by atoms with van der Waals surface area (Å²) in [6.07, 6.45) is 0. The lowest BCUT2D eigenvalue weighted by atomic mass is 10.3. The fourth-order valence-electron chi connectivity index (χ4n) is 1.96. The third-order valence-electron chi connectivity index (χ3n) is 3.11. The molecule has 0 aliphatic carbocycles. The van der Waals surface area contributed by atoms with Crippen molar-refractivity contribution in [3.8, 4) is 11.5 Å². The molecule has 2 rings (SSSR count). The number of rotatable bonds is 6. The van der Waals surface area contributed by atoms with Crippen molar-refractivity contribution >= 4 is 50.5 Å². The molecule has 0 saturated carbocycles. The lowest BCUT2D eigenvalue weighted by molar-refractivity contribution is 0.270. The van der Waals surface area contributed by atoms with Crippen molar-refractivity contribution in [3.63, 3.8) is 0 Å². The standard InChI is InChI=1S/C17H18BrClN2O2S/c1-11(10-23-16-6-4-3-5-15(16)22-2)20-17(24)21-12-7-8-13(18)14(19)9-12/h3-9,11H,10H2,1-2H3,(H2,20,21,24)/t11-/m1/s1. The van der Waals surface area contributed by atoms with Crippen LogP contribution >= 0.6 is 39.7 Å². The van der Waals surface area contributed by atoms with Crippen LogP contribution in [0.1, 0.15) is 6.92 Å². The lowest BCUT2D eigenvalue weighted by Gasteiger charge is -2.18. The SMILES string of the molecule is COc1ccccc1OC[C@@H](C)NC(=S)Nc1ccc(Br)c(Cl)c1. The van der Waals surface area contributed by atoms with Gasteiger partial charge in [-0.15, -0.1) is 0 Å². The van der Waals surface area contributed by atoms with Crippen LogP contribution in [0.2, 0.25) is 5.02 Å². The molecule has 0 radical (unpaired) electrons. The number of halogens is 2. The van der Waals surface area contributed by atoms with E-state index >= 15 is 0 Å². The molecule has 2 N–H and O–H groups in total. The Morgan fingerprint density at radius 1 is 1.25 bits per heavy atom. The zero-order chi connectivity index (χ0) is 17.5. The average molecular weight is 430 g/mol. The Labute approximate surface area is 160 Å². The molecule has 2 aromatic rings. The molecule has 0 aliphatic heterocycles. The Hall–Kier alpha value is -1.50. The number of methoxy groups -OCH3 is 1. The van der Waals surface area contributed by atoms with E-state index < -0.39 is 0 Å². The first-order chi connectivity index (χ1) is 11.5. The van der Waals surface area contributed by atoms with Gasteiger partial charge in [0, 0.05) is 10.2 Å². The molecular formula is C17H18BrClN2O2S. The van der Waals surface area contributed by atoms with Gasteiger partial charge in [0.1, 0.15) is 6.61 Å². The van der Waals surface area contributed by atoms with Gasteiger partial charge in [-0.2, -0.15) is 0 Å². The molecule has 0 fully saturated rings. The first-order valence-electron chi connectivity index (χ1n) is 7.28. The molecule has 4 nitrogen and oxygen atoms in total. The summed E-state index contributed by atoms with van der Waals surface area (Å²) in [6.45, 7) is 2.43. The summed E-state index contributed by atoms with van der Waals surface area (Å²) in [4.78, 5) is 0. The highest BCUT2D eigenvalue weighted by atomic mass is 79.9. The van der Waals surface area contributed by atoms with Gasteiger partial charge in [-0.1, -0.05) is 23.7 Å². The van der Waals surface area contributed by atoms with Gasteiger partial charge in [0.15, 0.2) is 16.6 Å². The van der Waals surface area contributed by atoms with E-state index in [-0.39, 0.29) is 6.04 Å². The fraction of sp³-hybridized carbons (Fsp3) is 0.235. The van der Waals surface area contributed by atoms with E-state index in [0.29, 0.717) is 28.2 Å². The van der Waals surface area contributed by atoms with Gasteiger partial charge in [-0.25, -0.2) is 0 Å². The van der Waals surface area contributed by atoms with E-state index in [1.54, 1.807) is 13.2 Å². The van der Waals surface area contributed by atoms with Crippen LogP contribution in [0.5, 0.6) is 11.5 Å². The molecule has 0 aliphatic rings. The zero-order valence-electron chi connectivity index (χ0n) is 13.3. The highest BCUT2D eigenvalue weighted by Crippen LogP contribution is 2.26. The van der Waals surface area contributed by atoms with Crippen LogP contribution in [0.25, 0.3) is 0 Å². The van der Waals surface area contributed by atoms with Gasteiger partial charge in [0.25, 0.3) is 0 Å². The van der Waals surface area contributed by atoms with E-state index in [0.717, 1.165) is 10.2 Å². The molecule has 0 amide bonds. The van der Waals surface area contributed by atoms with Crippen molar-refractivity contribution in [2.75, 3.05) is 19.0 Å². The van der Waals surface area contributed by atoms with Crippen molar-refractivity contribution in [3.05, 3.63) is 52.0 Å². The van der Waals surface area contributed by atoms with Crippen molar-refractivity contribution in [1.82, 2.24) is 5.32 Å². The third-order valence-corrected chi connectivity index (χ3v) is 4.57. The minimum Gasteiger partial charge on any atom is -0.493 e. The van der Waals surface area contributed by atoms with Crippen LogP contribution < -0.4 is 20.1 Å². The predicted molar refractivity (Wildman–Crippen MR) is 106 cm³/mol. The average Bonchev–Trinajstić information content (AvgIpc) is 2.56. The number of ether oxygens (including phenoxy) is 2. The summed E-state index contributed by atoms with van der Waals surface area (Å²) in [5.41, 5.74) is 0.818. The van der Waals surface area contributed by atoms with E-state index in [9.17, 15) is 0 Å². The van der Waals surface area contributed by atoms with Crippen molar-refractivity contribution in [2.24, 2.45) is 0 Å². The smallest absolute Gasteiger partial charge is 0.171 e. The van der Waals surface area contributed by atoms with Crippen LogP contribution in [-0.2, 0) is 0 Å². The van der Waals surface area contributed by atoms with Gasteiger partial charge in [0.2, 0.25) is 0 Å². The van der Waals surface area contributed by atoms with E-state index in [1.165, 1.54) is 0 Å². The highest BCUT2D eigenvalue weighted by molar-refractivity contribution is 9.10. The van der Waals surface area contributed by atoms with Crippen LogP contribution in [0.4, 0.5) is 5.69 Å². The second-order valence-corrected chi connectivity index (χ2v) is 6.76. The molecule has 0 heterocycles. The Morgan fingerprint density at radius 2 is 1.96 bits per heavy atom. The quantitative estimate of drug-likeness (QED) is 0.642. The molecule has 128 valence electrons. The second kappa shape index (κ2) is 9.11. The van der Waals surface area contributed by atoms with Crippen molar-refractivity contribution in [2.45, 2.75) is 13.0 Å². The summed E-state index contributed by atoms with van der Waals surface area (Å²) in [7, 11) is 1.62. The van der Waals surface area contributed by atoms with Gasteiger partial charge >= 0.3 is 0 Å². The molecule has 1 atom stereocenters. The Kier molecular flexibility index (Phi) is 7.15. The summed E-state index contributed by atoms with van der Waals surface area (Å²) in [6, 6.07) is 13.1. The molecule has 0 aromatic heterocycles. The van der Waals surface area contributed by atoms with Crippen LogP contribution in [0, 0.1) is 0 Å². The van der Waals surface area contributed by atoms with Crippen molar-refractivity contribution < 1.29 is 9.47 Å². The first-order valence-corrected chi connectivity index (χ1v) is 8.86. The number of thiocarbonyl (C=S) groups is 1. The number of para-hydroxylation sites is 2. The predicted octanol–water partition coefficient (Wildman–Crippen LogP) is 4.87. The number of anilines is 1. The third kappa shape index (κ3) is 5.54. The molecular weight excluding hydrogens is 412 g/mol. The minimum absolute atomic E-state index is 0.0147. The van der Waals surface area contributed by atoms with Crippen LogP contribution in [-0.4, -0.2) is 24.9 Å².